The Morgan fingerprint density at radius 3 is 2.54 bits per heavy atom. The molecular formula is C49H62N10O9S. The van der Waals surface area contributed by atoms with Crippen molar-refractivity contribution in [3.05, 3.63) is 52.9 Å². The van der Waals surface area contributed by atoms with E-state index in [0.29, 0.717) is 56.5 Å². The summed E-state index contributed by atoms with van der Waals surface area (Å²) in [5, 5.41) is 30.9. The lowest BCUT2D eigenvalue weighted by molar-refractivity contribution is -0.189. The predicted octanol–water partition coefficient (Wildman–Crippen LogP) is 1.99. The summed E-state index contributed by atoms with van der Waals surface area (Å²) >= 11 is 1.32. The lowest BCUT2D eigenvalue weighted by atomic mass is 9.84. The SMILES string of the molecule is CCn1c(-c2cncnc2)c2c3cc(ccc31)-c1csc(n1)C[C@H](NC(=O)[C@H](C(C)C)N(C)C(=O)[C@@]1(O)CCN(C(=O)C#CCN3CCOCC3)C1)C(=O)N1CCC[C@@](O)(N1)C(=O)OCC(C)(C)C2. The van der Waals surface area contributed by atoms with Crippen LogP contribution in [0.3, 0.4) is 0 Å². The van der Waals surface area contributed by atoms with Crippen LogP contribution in [0.25, 0.3) is 33.4 Å². The van der Waals surface area contributed by atoms with Gasteiger partial charge in [0, 0.05) is 104 Å². The Kier molecular flexibility index (Phi) is 14.6. The number of nitrogens with zero attached hydrogens (tertiary/aromatic N) is 8. The molecule has 3 saturated heterocycles. The summed E-state index contributed by atoms with van der Waals surface area (Å²) in [7, 11) is 1.42. The van der Waals surface area contributed by atoms with Gasteiger partial charge < -0.3 is 39.4 Å². The molecule has 4 amide bonds. The van der Waals surface area contributed by atoms with Gasteiger partial charge in [0.25, 0.3) is 17.7 Å². The molecule has 7 heterocycles. The van der Waals surface area contributed by atoms with E-state index < -0.39 is 64.3 Å². The summed E-state index contributed by atoms with van der Waals surface area (Å²) in [5.74, 6) is 1.51. The van der Waals surface area contributed by atoms with Crippen molar-refractivity contribution in [3.8, 4) is 34.4 Å². The predicted molar refractivity (Wildman–Crippen MR) is 255 cm³/mol. The van der Waals surface area contributed by atoms with Gasteiger partial charge in [-0.05, 0) is 49.3 Å². The van der Waals surface area contributed by atoms with Gasteiger partial charge in [0.2, 0.25) is 11.6 Å². The Labute approximate surface area is 405 Å². The van der Waals surface area contributed by atoms with Crippen molar-refractivity contribution < 1.29 is 43.7 Å². The molecule has 19 nitrogen and oxygen atoms in total. The van der Waals surface area contributed by atoms with E-state index in [1.54, 1.807) is 26.2 Å². The highest BCUT2D eigenvalue weighted by Crippen LogP contribution is 2.40. The van der Waals surface area contributed by atoms with Crippen LogP contribution in [0.1, 0.15) is 64.5 Å². The standard InChI is InChI=1S/C49H62N10O9S/c1-7-58-38-12-11-32-22-34(38)35(42(58)33-25-50-30-51-26-33)24-47(4,5)29-68-46(64)49(66)13-9-16-59(54-49)44(62)36(23-39-52-37(32)27-69-39)53-43(61)41(31(2)3)55(6)45(63)48(65)14-17-57(28-48)40(60)10-8-15-56-18-20-67-21-19-56/h11-12,22,25-27,30-31,36,41,54,65-66H,7,9,13-21,23-24,28-29H2,1-6H3,(H,53,61)/t36-,41-,48+,49-/m0/s1. The summed E-state index contributed by atoms with van der Waals surface area (Å²) in [4.78, 5) is 88.6. The van der Waals surface area contributed by atoms with E-state index in [2.05, 4.69) is 61.1 Å². The zero-order chi connectivity index (χ0) is 49.3. The van der Waals surface area contributed by atoms with Crippen LogP contribution in [0.15, 0.2) is 42.3 Å². The molecule has 4 atom stereocenters. The van der Waals surface area contributed by atoms with E-state index in [1.165, 1.54) is 34.5 Å². The third-order valence-corrected chi connectivity index (χ3v) is 14.3. The molecule has 1 aromatic carbocycles. The first-order valence-electron chi connectivity index (χ1n) is 23.6. The van der Waals surface area contributed by atoms with Gasteiger partial charge in [0.05, 0.1) is 49.3 Å². The maximum Gasteiger partial charge on any atom is 0.355 e. The first-order chi connectivity index (χ1) is 32.9. The smallest absolute Gasteiger partial charge is 0.355 e. The molecular weight excluding hydrogens is 905 g/mol. The monoisotopic (exact) mass is 966 g/mol. The van der Waals surface area contributed by atoms with Crippen molar-refractivity contribution in [2.75, 3.05) is 66.1 Å². The van der Waals surface area contributed by atoms with E-state index in [1.807, 2.05) is 25.3 Å². The number of amides is 4. The molecule has 0 radical (unpaired) electrons. The van der Waals surface area contributed by atoms with Gasteiger partial charge in [-0.15, -0.1) is 11.3 Å². The number of cyclic esters (lactones) is 1. The average Bonchev–Trinajstić information content (AvgIpc) is 4.06. The van der Waals surface area contributed by atoms with Gasteiger partial charge in [0.15, 0.2) is 5.60 Å². The van der Waals surface area contributed by atoms with Crippen molar-refractivity contribution >= 4 is 51.8 Å². The second-order valence-corrected chi connectivity index (χ2v) is 20.6. The van der Waals surface area contributed by atoms with Crippen LogP contribution in [0.4, 0.5) is 0 Å². The fraction of sp³-hybridized carbons (Fsp3) is 0.551. The van der Waals surface area contributed by atoms with E-state index in [0.717, 1.165) is 38.3 Å². The molecule has 3 fully saturated rings. The molecule has 0 aliphatic carbocycles. The van der Waals surface area contributed by atoms with Gasteiger partial charge in [-0.25, -0.2) is 19.7 Å². The summed E-state index contributed by atoms with van der Waals surface area (Å²) in [6, 6.07) is 3.70. The van der Waals surface area contributed by atoms with Gasteiger partial charge >= 0.3 is 5.97 Å². The number of β-amino-alcohol motifs (C(OH)–C–C–N with tert-alkyl or cyclic N) is 1. The maximum absolute atomic E-state index is 14.7. The lowest BCUT2D eigenvalue weighted by Crippen LogP contribution is -2.67. The summed E-state index contributed by atoms with van der Waals surface area (Å²) < 4.78 is 13.5. The molecule has 8 rings (SSSR count). The third kappa shape index (κ3) is 10.5. The first kappa shape index (κ1) is 49.6. The summed E-state index contributed by atoms with van der Waals surface area (Å²) in [5.41, 5.74) is 3.13. The number of aromatic nitrogens is 4. The number of carbonyl (C=O) groups is 5. The average molecular weight is 967 g/mol. The third-order valence-electron chi connectivity index (χ3n) is 13.4. The van der Waals surface area contributed by atoms with E-state index in [-0.39, 0.29) is 51.9 Å². The molecule has 368 valence electrons. The molecule has 0 unspecified atom stereocenters. The molecule has 4 N–H and O–H groups in total. The maximum atomic E-state index is 14.7. The largest absolute Gasteiger partial charge is 0.462 e. The number of aliphatic hydroxyl groups is 2. The Bertz CT molecular complexity index is 2650. The number of ether oxygens (including phenoxy) is 2. The number of hydrogen-bond acceptors (Lipinski definition) is 15. The number of benzene rings is 1. The van der Waals surface area contributed by atoms with Crippen molar-refractivity contribution in [1.29, 1.82) is 0 Å². The molecule has 4 aromatic rings. The minimum Gasteiger partial charge on any atom is -0.462 e. The number of likely N-dealkylation sites (N-methyl/N-ethyl adjacent to an activating group) is 1. The number of hydrogen-bond donors (Lipinski definition) is 4. The number of rotatable bonds is 8. The topological polar surface area (TPSA) is 225 Å². The number of nitrogens with one attached hydrogen (secondary N) is 2. The minimum absolute atomic E-state index is 0.0386. The zero-order valence-electron chi connectivity index (χ0n) is 40.1. The fourth-order valence-corrected chi connectivity index (χ4v) is 10.7. The minimum atomic E-state index is -2.26. The van der Waals surface area contributed by atoms with Gasteiger partial charge in [-0.1, -0.05) is 39.7 Å². The molecule has 69 heavy (non-hydrogen) atoms. The Morgan fingerprint density at radius 2 is 1.81 bits per heavy atom. The fourth-order valence-electron chi connectivity index (χ4n) is 9.84. The molecule has 20 heteroatoms. The zero-order valence-corrected chi connectivity index (χ0v) is 40.9. The van der Waals surface area contributed by atoms with Gasteiger partial charge in [0.1, 0.15) is 18.4 Å². The van der Waals surface area contributed by atoms with Crippen LogP contribution in [0.5, 0.6) is 0 Å². The second kappa shape index (κ2) is 20.3. The van der Waals surface area contributed by atoms with Crippen molar-refractivity contribution in [2.24, 2.45) is 11.3 Å². The van der Waals surface area contributed by atoms with Crippen molar-refractivity contribution in [3.63, 3.8) is 0 Å². The van der Waals surface area contributed by atoms with Crippen LogP contribution < -0.4 is 10.7 Å². The summed E-state index contributed by atoms with van der Waals surface area (Å²) in [6.07, 6.45) is 5.60. The number of aryl methyl sites for hydroxylation is 1. The van der Waals surface area contributed by atoms with Crippen LogP contribution in [0.2, 0.25) is 0 Å². The van der Waals surface area contributed by atoms with Crippen molar-refractivity contribution in [1.82, 2.24) is 50.0 Å². The van der Waals surface area contributed by atoms with E-state index in [4.69, 9.17) is 14.5 Å². The number of thiazole rings is 1. The highest BCUT2D eigenvalue weighted by molar-refractivity contribution is 7.10. The van der Waals surface area contributed by atoms with Crippen molar-refractivity contribution in [2.45, 2.75) is 96.7 Å². The van der Waals surface area contributed by atoms with Crippen LogP contribution in [-0.4, -0.2) is 169 Å². The number of esters is 1. The number of fused-ring (bicyclic) bond motifs is 6. The highest BCUT2D eigenvalue weighted by Gasteiger charge is 2.49. The number of hydrazine groups is 1. The molecule has 0 saturated carbocycles. The molecule has 3 aromatic heterocycles. The molecule has 6 bridgehead atoms. The lowest BCUT2D eigenvalue weighted by Gasteiger charge is -2.40. The second-order valence-electron chi connectivity index (χ2n) is 19.6. The molecule has 4 aliphatic rings. The number of likely N-dealkylation sites (tertiary alicyclic amines) is 1. The van der Waals surface area contributed by atoms with Gasteiger partial charge in [-0.3, -0.25) is 29.1 Å². The Hall–Kier alpha value is -5.82. The quantitative estimate of drug-likeness (QED) is 0.147. The highest BCUT2D eigenvalue weighted by atomic mass is 32.1. The molecule has 0 spiro atoms. The normalized spacial score (nSPS) is 23.8. The Morgan fingerprint density at radius 1 is 1.06 bits per heavy atom. The first-order valence-corrected chi connectivity index (χ1v) is 24.5. The molecule has 4 aliphatic heterocycles. The van der Waals surface area contributed by atoms with E-state index in [9.17, 15) is 34.2 Å². The number of carbonyl (C=O) groups excluding carboxylic acids is 5. The van der Waals surface area contributed by atoms with Crippen LogP contribution >= 0.6 is 11.3 Å². The van der Waals surface area contributed by atoms with Gasteiger partial charge in [-0.2, -0.15) is 5.43 Å². The van der Waals surface area contributed by atoms with Crippen LogP contribution in [-0.2, 0) is 52.8 Å². The Balaban J connectivity index is 1.08. The van der Waals surface area contributed by atoms with Crippen LogP contribution in [0, 0.1) is 23.2 Å². The summed E-state index contributed by atoms with van der Waals surface area (Å²) in [6.45, 7) is 13.1. The number of morpholine rings is 1. The van der Waals surface area contributed by atoms with E-state index >= 15 is 0 Å².